The first-order valence-corrected chi connectivity index (χ1v) is 23.7. The van der Waals surface area contributed by atoms with Crippen LogP contribution in [0.4, 0.5) is 0 Å². The van der Waals surface area contributed by atoms with E-state index in [1.165, 1.54) is 10.8 Å². The van der Waals surface area contributed by atoms with Gasteiger partial charge in [-0.1, -0.05) is 158 Å². The van der Waals surface area contributed by atoms with Gasteiger partial charge in [-0.05, 0) is 90.0 Å². The molecule has 15 rings (SSSR count). The molecule has 0 aliphatic heterocycles. The summed E-state index contributed by atoms with van der Waals surface area (Å²) in [5.74, 6) is 1.66. The Morgan fingerprint density at radius 3 is 0.971 bits per heavy atom. The average Bonchev–Trinajstić information content (AvgIpc) is 4.14. The Bertz CT molecular complexity index is 4330. The summed E-state index contributed by atoms with van der Waals surface area (Å²) >= 11 is 0. The number of para-hydroxylation sites is 6. The summed E-state index contributed by atoms with van der Waals surface area (Å²) in [4.78, 5) is 16.6. The molecule has 0 amide bonds. The Balaban J connectivity index is 1.05. The summed E-state index contributed by atoms with van der Waals surface area (Å²) in [5.41, 5.74) is 14.0. The second-order valence-corrected chi connectivity index (χ2v) is 18.1. The molecule has 10 aromatic carbocycles. The van der Waals surface area contributed by atoms with Gasteiger partial charge in [-0.3, -0.25) is 9.13 Å². The fourth-order valence-electron chi connectivity index (χ4n) is 11.2. The summed E-state index contributed by atoms with van der Waals surface area (Å²) in [6, 6.07) is 84.4. The van der Waals surface area contributed by atoms with Crippen molar-refractivity contribution in [2.45, 2.75) is 0 Å². The lowest BCUT2D eigenvalue weighted by molar-refractivity contribution is 0.893. The molecule has 5 heterocycles. The minimum atomic E-state index is 0.537. The van der Waals surface area contributed by atoms with Gasteiger partial charge in [0.05, 0.1) is 44.1 Å². The molecule has 0 bridgehead atoms. The van der Waals surface area contributed by atoms with E-state index in [1.54, 1.807) is 0 Å². The maximum Gasteiger partial charge on any atom is 0.240 e. The predicted octanol–water partition coefficient (Wildman–Crippen LogP) is 15.6. The normalized spacial score (nSPS) is 12.0. The molecule has 0 N–H and O–H groups in total. The maximum atomic E-state index is 5.61. The molecule has 7 nitrogen and oxygen atoms in total. The lowest BCUT2D eigenvalue weighted by atomic mass is 10.0. The van der Waals surface area contributed by atoms with Crippen molar-refractivity contribution in [3.8, 4) is 45.8 Å². The van der Waals surface area contributed by atoms with Crippen molar-refractivity contribution in [3.05, 3.63) is 237 Å². The lowest BCUT2D eigenvalue weighted by Gasteiger charge is -2.13. The van der Waals surface area contributed by atoms with Crippen molar-refractivity contribution in [2.24, 2.45) is 0 Å². The Kier molecular flexibility index (Phi) is 8.23. The average molecular weight is 894 g/mol. The van der Waals surface area contributed by atoms with Gasteiger partial charge in [0.15, 0.2) is 5.82 Å². The van der Waals surface area contributed by atoms with Crippen molar-refractivity contribution >= 4 is 87.2 Å². The fraction of sp³-hybridized carbons (Fsp3) is 0. The number of benzene rings is 10. The van der Waals surface area contributed by atoms with Gasteiger partial charge in [-0.2, -0.15) is 15.0 Å². The van der Waals surface area contributed by atoms with E-state index in [0.29, 0.717) is 17.7 Å². The molecule has 0 radical (unpaired) electrons. The van der Waals surface area contributed by atoms with Crippen LogP contribution in [0.15, 0.2) is 237 Å². The Labute approximate surface area is 401 Å². The molecule has 70 heavy (non-hydrogen) atoms. The van der Waals surface area contributed by atoms with E-state index < -0.39 is 0 Å². The van der Waals surface area contributed by atoms with Crippen LogP contribution in [0.1, 0.15) is 0 Å². The quantitative estimate of drug-likeness (QED) is 0.167. The highest BCUT2D eigenvalue weighted by Gasteiger charge is 2.24. The SMILES string of the molecule is c1ccc(-c2cccc(-c3nc(-n4c5ccccc5c5cc6c(cc54)c4ccccc4n6-c4ccccc4)nc(-n4c5ccccc5c5cc6c(cc54)c4ccccc4n6-c4ccccc4)n3)c2)cc1. The van der Waals surface area contributed by atoms with E-state index in [1.807, 2.05) is 0 Å². The largest absolute Gasteiger partial charge is 0.309 e. The number of rotatable bonds is 6. The first-order valence-electron chi connectivity index (χ1n) is 23.7. The van der Waals surface area contributed by atoms with E-state index in [2.05, 4.69) is 255 Å². The van der Waals surface area contributed by atoms with Gasteiger partial charge < -0.3 is 9.13 Å². The molecule has 0 unspecified atom stereocenters. The molecule has 0 saturated heterocycles. The monoisotopic (exact) mass is 893 g/mol. The number of hydrogen-bond acceptors (Lipinski definition) is 3. The Morgan fingerprint density at radius 2 is 0.543 bits per heavy atom. The third-order valence-electron chi connectivity index (χ3n) is 14.2. The molecule has 0 fully saturated rings. The molecular formula is C63H39N7. The zero-order chi connectivity index (χ0) is 45.9. The van der Waals surface area contributed by atoms with Crippen LogP contribution in [0.5, 0.6) is 0 Å². The summed E-state index contributed by atoms with van der Waals surface area (Å²) < 4.78 is 9.25. The molecule has 0 saturated carbocycles. The number of aromatic nitrogens is 7. The van der Waals surface area contributed by atoms with Gasteiger partial charge in [-0.25, -0.2) is 0 Å². The third-order valence-corrected chi connectivity index (χ3v) is 14.2. The van der Waals surface area contributed by atoms with Crippen LogP contribution >= 0.6 is 0 Å². The second kappa shape index (κ2) is 15.0. The first kappa shape index (κ1) is 38.5. The van der Waals surface area contributed by atoms with Crippen molar-refractivity contribution in [1.82, 2.24) is 33.2 Å². The molecule has 5 aromatic heterocycles. The van der Waals surface area contributed by atoms with Gasteiger partial charge in [0.1, 0.15) is 0 Å². The second-order valence-electron chi connectivity index (χ2n) is 18.1. The van der Waals surface area contributed by atoms with Crippen molar-refractivity contribution < 1.29 is 0 Å². The van der Waals surface area contributed by atoms with E-state index >= 15 is 0 Å². The molecule has 15 aromatic rings. The van der Waals surface area contributed by atoms with Crippen molar-refractivity contribution in [2.75, 3.05) is 0 Å². The van der Waals surface area contributed by atoms with Crippen LogP contribution in [0.2, 0.25) is 0 Å². The standard InChI is InChI=1S/C63H39N7/c1-4-19-40(20-5-1)41-21-18-22-42(35-41)61-64-62(69-55-33-16-12-29-47(55)51-36-57-49(38-59(51)69)45-27-10-14-31-53(45)67(57)43-23-6-2-7-24-43)66-63(65-61)70-56-34-17-13-30-48(56)52-37-58-50(39-60(52)70)46-28-11-15-32-54(46)68(58)44-25-8-3-9-26-44/h1-39H. The zero-order valence-corrected chi connectivity index (χ0v) is 37.6. The number of hydrogen-bond donors (Lipinski definition) is 0. The summed E-state index contributed by atoms with van der Waals surface area (Å²) in [7, 11) is 0. The van der Waals surface area contributed by atoms with Crippen LogP contribution in [0.3, 0.4) is 0 Å². The highest BCUT2D eigenvalue weighted by atomic mass is 15.3. The smallest absolute Gasteiger partial charge is 0.240 e. The van der Waals surface area contributed by atoms with Crippen LogP contribution in [0, 0.1) is 0 Å². The minimum Gasteiger partial charge on any atom is -0.309 e. The molecule has 0 atom stereocenters. The Hall–Kier alpha value is -9.59. The van der Waals surface area contributed by atoms with E-state index in [4.69, 9.17) is 15.0 Å². The van der Waals surface area contributed by atoms with Crippen LogP contribution in [-0.4, -0.2) is 33.2 Å². The summed E-state index contributed by atoms with van der Waals surface area (Å²) in [6.45, 7) is 0. The lowest BCUT2D eigenvalue weighted by Crippen LogP contribution is -2.10. The van der Waals surface area contributed by atoms with Gasteiger partial charge >= 0.3 is 0 Å². The predicted molar refractivity (Wildman–Crippen MR) is 288 cm³/mol. The molecular weight excluding hydrogens is 855 g/mol. The van der Waals surface area contributed by atoms with Gasteiger partial charge in [-0.15, -0.1) is 0 Å². The van der Waals surface area contributed by atoms with Gasteiger partial charge in [0.2, 0.25) is 11.9 Å². The summed E-state index contributed by atoms with van der Waals surface area (Å²) in [6.07, 6.45) is 0. The zero-order valence-electron chi connectivity index (χ0n) is 37.6. The molecule has 326 valence electrons. The van der Waals surface area contributed by atoms with Gasteiger partial charge in [0.25, 0.3) is 0 Å². The topological polar surface area (TPSA) is 58.4 Å². The van der Waals surface area contributed by atoms with Crippen molar-refractivity contribution in [3.63, 3.8) is 0 Å². The molecule has 0 spiro atoms. The van der Waals surface area contributed by atoms with Crippen LogP contribution < -0.4 is 0 Å². The third kappa shape index (κ3) is 5.66. The Morgan fingerprint density at radius 1 is 0.214 bits per heavy atom. The highest BCUT2D eigenvalue weighted by molar-refractivity contribution is 6.20. The maximum absolute atomic E-state index is 5.61. The van der Waals surface area contributed by atoms with Crippen LogP contribution in [0.25, 0.3) is 133 Å². The van der Waals surface area contributed by atoms with E-state index in [0.717, 1.165) is 105 Å². The summed E-state index contributed by atoms with van der Waals surface area (Å²) in [5, 5.41) is 9.14. The first-order chi connectivity index (χ1) is 34.7. The van der Waals surface area contributed by atoms with Crippen LogP contribution in [-0.2, 0) is 0 Å². The molecule has 0 aliphatic carbocycles. The molecule has 7 heteroatoms. The molecule has 0 aliphatic rings. The number of fused-ring (bicyclic) bond motifs is 12. The van der Waals surface area contributed by atoms with Gasteiger partial charge in [0, 0.05) is 60.0 Å². The van der Waals surface area contributed by atoms with E-state index in [9.17, 15) is 0 Å². The number of nitrogens with zero attached hydrogens (tertiary/aromatic N) is 7. The highest BCUT2D eigenvalue weighted by Crippen LogP contribution is 2.42. The van der Waals surface area contributed by atoms with Crippen molar-refractivity contribution in [1.29, 1.82) is 0 Å². The minimum absolute atomic E-state index is 0.537. The fourth-order valence-corrected chi connectivity index (χ4v) is 11.2. The van der Waals surface area contributed by atoms with E-state index in [-0.39, 0.29) is 0 Å².